The summed E-state index contributed by atoms with van der Waals surface area (Å²) in [5.41, 5.74) is 1.08. The number of nitrogens with zero attached hydrogens (tertiary/aromatic N) is 2. The molecule has 0 radical (unpaired) electrons. The highest BCUT2D eigenvalue weighted by Gasteiger charge is 2.22. The van der Waals surface area contributed by atoms with Crippen LogP contribution in [-0.2, 0) is 6.54 Å². The van der Waals surface area contributed by atoms with Crippen LogP contribution in [0.25, 0.3) is 0 Å². The number of para-hydroxylation sites is 1. The molecule has 0 aromatic heterocycles. The van der Waals surface area contributed by atoms with Crippen LogP contribution in [0, 0.1) is 0 Å². The molecule has 2 aromatic rings. The lowest BCUT2D eigenvalue weighted by Gasteiger charge is -2.34. The summed E-state index contributed by atoms with van der Waals surface area (Å²) in [6, 6.07) is 16.0. The molecular weight excluding hydrogens is 366 g/mol. The predicted molar refractivity (Wildman–Crippen MR) is 116 cm³/mol. The summed E-state index contributed by atoms with van der Waals surface area (Å²) in [4.78, 5) is 7.16. The van der Waals surface area contributed by atoms with Crippen LogP contribution >= 0.6 is 0 Å². The number of guanidine groups is 1. The smallest absolute Gasteiger partial charge is 0.194 e. The van der Waals surface area contributed by atoms with Gasteiger partial charge in [0.25, 0.3) is 0 Å². The second-order valence-electron chi connectivity index (χ2n) is 6.98. The van der Waals surface area contributed by atoms with E-state index >= 15 is 0 Å². The van der Waals surface area contributed by atoms with Gasteiger partial charge in [0.2, 0.25) is 0 Å². The molecule has 0 amide bonds. The average molecular weight is 398 g/mol. The minimum absolute atomic E-state index is 0.252. The van der Waals surface area contributed by atoms with E-state index in [-0.39, 0.29) is 6.10 Å². The van der Waals surface area contributed by atoms with Gasteiger partial charge in [-0.25, -0.2) is 4.99 Å². The van der Waals surface area contributed by atoms with E-state index in [0.29, 0.717) is 6.54 Å². The van der Waals surface area contributed by atoms with Crippen molar-refractivity contribution in [3.05, 3.63) is 54.1 Å². The van der Waals surface area contributed by atoms with Gasteiger partial charge in [-0.3, -0.25) is 0 Å². The van der Waals surface area contributed by atoms with Gasteiger partial charge in [0.05, 0.1) is 20.8 Å². The molecule has 2 aromatic carbocycles. The first-order chi connectivity index (χ1) is 14.2. The van der Waals surface area contributed by atoms with Crippen molar-refractivity contribution in [3.63, 3.8) is 0 Å². The molecule has 3 rings (SSSR count). The SMILES string of the molecule is CCNC(=NCc1ccc(OC)c(OC)c1)N1CCC(Oc2ccccc2)CC1. The Kier molecular flexibility index (Phi) is 7.61. The van der Waals surface area contributed by atoms with Crippen LogP contribution in [0.5, 0.6) is 17.2 Å². The van der Waals surface area contributed by atoms with E-state index < -0.39 is 0 Å². The third-order valence-electron chi connectivity index (χ3n) is 4.98. The van der Waals surface area contributed by atoms with Gasteiger partial charge in [0, 0.05) is 32.5 Å². The van der Waals surface area contributed by atoms with Gasteiger partial charge in [-0.1, -0.05) is 24.3 Å². The summed E-state index contributed by atoms with van der Waals surface area (Å²) in [7, 11) is 3.29. The van der Waals surface area contributed by atoms with Crippen molar-refractivity contribution in [2.75, 3.05) is 33.9 Å². The maximum Gasteiger partial charge on any atom is 0.194 e. The van der Waals surface area contributed by atoms with Crippen LogP contribution in [0.3, 0.4) is 0 Å². The molecule has 6 heteroatoms. The molecule has 1 aliphatic rings. The summed E-state index contributed by atoms with van der Waals surface area (Å²) < 4.78 is 16.8. The lowest BCUT2D eigenvalue weighted by Crippen LogP contribution is -2.47. The van der Waals surface area contributed by atoms with Crippen molar-refractivity contribution < 1.29 is 14.2 Å². The van der Waals surface area contributed by atoms with Gasteiger partial charge < -0.3 is 24.4 Å². The van der Waals surface area contributed by atoms with Gasteiger partial charge >= 0.3 is 0 Å². The quantitative estimate of drug-likeness (QED) is 0.570. The van der Waals surface area contributed by atoms with Crippen LogP contribution in [0.4, 0.5) is 0 Å². The molecule has 29 heavy (non-hydrogen) atoms. The van der Waals surface area contributed by atoms with Gasteiger partial charge in [0.1, 0.15) is 11.9 Å². The first kappa shape index (κ1) is 20.8. The number of aliphatic imine (C=N–C) groups is 1. The Balaban J connectivity index is 1.59. The summed E-state index contributed by atoms with van der Waals surface area (Å²) in [6.45, 7) is 5.37. The Morgan fingerprint density at radius 2 is 1.76 bits per heavy atom. The first-order valence-electron chi connectivity index (χ1n) is 10.2. The maximum atomic E-state index is 6.11. The van der Waals surface area contributed by atoms with Crippen LogP contribution in [0.1, 0.15) is 25.3 Å². The van der Waals surface area contributed by atoms with Gasteiger partial charge in [-0.2, -0.15) is 0 Å². The van der Waals surface area contributed by atoms with Crippen LogP contribution in [0.15, 0.2) is 53.5 Å². The number of likely N-dealkylation sites (tertiary alicyclic amines) is 1. The molecule has 1 aliphatic heterocycles. The molecule has 0 spiro atoms. The zero-order chi connectivity index (χ0) is 20.5. The molecule has 0 saturated carbocycles. The van der Waals surface area contributed by atoms with Gasteiger partial charge in [-0.15, -0.1) is 0 Å². The number of methoxy groups -OCH3 is 2. The Bertz CT molecular complexity index is 787. The second-order valence-corrected chi connectivity index (χ2v) is 6.98. The van der Waals surface area contributed by atoms with E-state index in [1.807, 2.05) is 48.5 Å². The molecule has 1 fully saturated rings. The zero-order valence-electron chi connectivity index (χ0n) is 17.6. The minimum atomic E-state index is 0.252. The Morgan fingerprint density at radius 1 is 1.03 bits per heavy atom. The molecular formula is C23H31N3O3. The standard InChI is InChI=1S/C23H31N3O3/c1-4-24-23(25-17-18-10-11-21(27-2)22(16-18)28-3)26-14-12-20(13-15-26)29-19-8-6-5-7-9-19/h5-11,16,20H,4,12-15,17H2,1-3H3,(H,24,25). The van der Waals surface area contributed by atoms with E-state index in [4.69, 9.17) is 19.2 Å². The van der Waals surface area contributed by atoms with Crippen molar-refractivity contribution in [3.8, 4) is 17.2 Å². The third kappa shape index (κ3) is 5.79. The van der Waals surface area contributed by atoms with Crippen LogP contribution in [0.2, 0.25) is 0 Å². The first-order valence-corrected chi connectivity index (χ1v) is 10.2. The van der Waals surface area contributed by atoms with Crippen molar-refractivity contribution in [1.29, 1.82) is 0 Å². The van der Waals surface area contributed by atoms with E-state index in [1.165, 1.54) is 0 Å². The summed E-state index contributed by atoms with van der Waals surface area (Å²) in [5.74, 6) is 3.34. The maximum absolute atomic E-state index is 6.11. The Hall–Kier alpha value is -2.89. The lowest BCUT2D eigenvalue weighted by molar-refractivity contribution is 0.129. The van der Waals surface area contributed by atoms with Gasteiger partial charge in [0.15, 0.2) is 17.5 Å². The van der Waals surface area contributed by atoms with Crippen molar-refractivity contribution >= 4 is 5.96 Å². The topological polar surface area (TPSA) is 55.3 Å². The van der Waals surface area contributed by atoms with E-state index in [1.54, 1.807) is 14.2 Å². The normalized spacial score (nSPS) is 15.1. The van der Waals surface area contributed by atoms with Crippen molar-refractivity contribution in [1.82, 2.24) is 10.2 Å². The van der Waals surface area contributed by atoms with E-state index in [2.05, 4.69) is 17.1 Å². The van der Waals surface area contributed by atoms with Crippen molar-refractivity contribution in [2.45, 2.75) is 32.4 Å². The fourth-order valence-corrected chi connectivity index (χ4v) is 3.45. The molecule has 0 bridgehead atoms. The molecule has 0 atom stereocenters. The highest BCUT2D eigenvalue weighted by Crippen LogP contribution is 2.28. The molecule has 156 valence electrons. The Morgan fingerprint density at radius 3 is 2.41 bits per heavy atom. The number of nitrogens with one attached hydrogen (secondary N) is 1. The van der Waals surface area contributed by atoms with E-state index in [9.17, 15) is 0 Å². The monoisotopic (exact) mass is 397 g/mol. The molecule has 1 heterocycles. The number of ether oxygens (including phenoxy) is 3. The van der Waals surface area contributed by atoms with Crippen LogP contribution < -0.4 is 19.5 Å². The number of rotatable bonds is 7. The fraction of sp³-hybridized carbons (Fsp3) is 0.435. The number of benzene rings is 2. The minimum Gasteiger partial charge on any atom is -0.493 e. The molecule has 1 N–H and O–H groups in total. The largest absolute Gasteiger partial charge is 0.493 e. The number of piperidine rings is 1. The second kappa shape index (κ2) is 10.6. The van der Waals surface area contributed by atoms with E-state index in [0.717, 1.165) is 61.2 Å². The number of hydrogen-bond donors (Lipinski definition) is 1. The molecule has 0 aliphatic carbocycles. The summed E-state index contributed by atoms with van der Waals surface area (Å²) in [5, 5.41) is 3.42. The highest BCUT2D eigenvalue weighted by molar-refractivity contribution is 5.80. The van der Waals surface area contributed by atoms with Crippen molar-refractivity contribution in [2.24, 2.45) is 4.99 Å². The Labute approximate surface area is 173 Å². The zero-order valence-corrected chi connectivity index (χ0v) is 17.6. The average Bonchev–Trinajstić information content (AvgIpc) is 2.77. The van der Waals surface area contributed by atoms with Crippen LogP contribution in [-0.4, -0.2) is 50.8 Å². The lowest BCUT2D eigenvalue weighted by atomic mass is 10.1. The highest BCUT2D eigenvalue weighted by atomic mass is 16.5. The third-order valence-corrected chi connectivity index (χ3v) is 4.98. The predicted octanol–water partition coefficient (Wildman–Crippen LogP) is 3.71. The molecule has 1 saturated heterocycles. The number of hydrogen-bond acceptors (Lipinski definition) is 4. The summed E-state index contributed by atoms with van der Waals surface area (Å²) in [6.07, 6.45) is 2.22. The van der Waals surface area contributed by atoms with Gasteiger partial charge in [-0.05, 0) is 36.8 Å². The summed E-state index contributed by atoms with van der Waals surface area (Å²) >= 11 is 0. The molecule has 6 nitrogen and oxygen atoms in total. The molecule has 0 unspecified atom stereocenters. The fourth-order valence-electron chi connectivity index (χ4n) is 3.45.